The number of rotatable bonds is 5. The fourth-order valence-corrected chi connectivity index (χ4v) is 1.77. The largest absolute Gasteiger partial charge is 0.309 e. The highest BCUT2D eigenvalue weighted by Crippen LogP contribution is 2.27. The maximum atomic E-state index is 7.12. The Kier molecular flexibility index (Phi) is 4.55. The number of hydrogen-bond donors (Lipinski definition) is 1. The van der Waals surface area contributed by atoms with Crippen molar-refractivity contribution in [1.82, 2.24) is 0 Å². The summed E-state index contributed by atoms with van der Waals surface area (Å²) in [4.78, 5) is 0. The van der Waals surface area contributed by atoms with Crippen molar-refractivity contribution in [2.45, 2.75) is 19.3 Å². The summed E-state index contributed by atoms with van der Waals surface area (Å²) >= 11 is 0. The summed E-state index contributed by atoms with van der Waals surface area (Å²) in [6, 6.07) is 10.3. The summed E-state index contributed by atoms with van der Waals surface area (Å²) in [5.41, 5.74) is 2.40. The quantitative estimate of drug-likeness (QED) is 0.548. The van der Waals surface area contributed by atoms with Crippen molar-refractivity contribution in [3.63, 3.8) is 0 Å². The van der Waals surface area contributed by atoms with E-state index in [1.807, 2.05) is 30.4 Å². The van der Waals surface area contributed by atoms with Crippen LogP contribution in [0.2, 0.25) is 0 Å². The van der Waals surface area contributed by atoms with Gasteiger partial charge in [-0.15, -0.1) is 0 Å². The van der Waals surface area contributed by atoms with Gasteiger partial charge in [-0.2, -0.15) is 0 Å². The van der Waals surface area contributed by atoms with Gasteiger partial charge in [0.15, 0.2) is 0 Å². The van der Waals surface area contributed by atoms with E-state index < -0.39 is 0 Å². The Morgan fingerprint density at radius 3 is 2.53 bits per heavy atom. The lowest BCUT2D eigenvalue weighted by Crippen LogP contribution is -1.99. The van der Waals surface area contributed by atoms with Crippen molar-refractivity contribution in [2.75, 3.05) is 0 Å². The monoisotopic (exact) mass is 199 g/mol. The zero-order valence-electron chi connectivity index (χ0n) is 9.11. The summed E-state index contributed by atoms with van der Waals surface area (Å²) in [5.74, 6) is 0.352. The Labute approximate surface area is 91.7 Å². The molecule has 1 unspecified atom stereocenters. The molecule has 0 heterocycles. The second kappa shape index (κ2) is 5.97. The normalized spacial score (nSPS) is 13.3. The van der Waals surface area contributed by atoms with Crippen LogP contribution in [0.3, 0.4) is 0 Å². The maximum Gasteiger partial charge on any atom is 0.0180 e. The first-order valence-corrected chi connectivity index (χ1v) is 5.21. The smallest absolute Gasteiger partial charge is 0.0180 e. The van der Waals surface area contributed by atoms with Gasteiger partial charge >= 0.3 is 0 Å². The van der Waals surface area contributed by atoms with Crippen molar-refractivity contribution in [3.05, 3.63) is 60.2 Å². The molecule has 0 aliphatic rings. The molecule has 0 aliphatic carbocycles. The first kappa shape index (κ1) is 11.4. The van der Waals surface area contributed by atoms with Crippen LogP contribution in [0.5, 0.6) is 0 Å². The van der Waals surface area contributed by atoms with Crippen molar-refractivity contribution in [1.29, 1.82) is 5.41 Å². The zero-order valence-corrected chi connectivity index (χ0v) is 9.11. The van der Waals surface area contributed by atoms with E-state index in [2.05, 4.69) is 25.6 Å². The van der Waals surface area contributed by atoms with E-state index >= 15 is 0 Å². The average molecular weight is 199 g/mol. The van der Waals surface area contributed by atoms with Crippen LogP contribution < -0.4 is 0 Å². The first-order chi connectivity index (χ1) is 7.33. The molecule has 1 heteroatoms. The number of hydrogen-bond acceptors (Lipinski definition) is 1. The van der Waals surface area contributed by atoms with Gasteiger partial charge in [0.05, 0.1) is 0 Å². The van der Waals surface area contributed by atoms with Gasteiger partial charge in [-0.3, -0.25) is 0 Å². The van der Waals surface area contributed by atoms with Crippen molar-refractivity contribution in [3.8, 4) is 0 Å². The van der Waals surface area contributed by atoms with Crippen LogP contribution in [0.15, 0.2) is 54.6 Å². The third kappa shape index (κ3) is 2.91. The molecule has 0 fully saturated rings. The second-order valence-electron chi connectivity index (χ2n) is 3.41. The van der Waals surface area contributed by atoms with Gasteiger partial charge in [0.2, 0.25) is 0 Å². The van der Waals surface area contributed by atoms with Crippen molar-refractivity contribution < 1.29 is 0 Å². The fraction of sp³-hybridized carbons (Fsp3) is 0.214. The van der Waals surface area contributed by atoms with Gasteiger partial charge < -0.3 is 5.41 Å². The lowest BCUT2D eigenvalue weighted by molar-refractivity contribution is 0.777. The molecule has 1 aromatic carbocycles. The molecule has 0 radical (unpaired) electrons. The minimum absolute atomic E-state index is 0.352. The highest BCUT2D eigenvalue weighted by atomic mass is 14.3. The van der Waals surface area contributed by atoms with Crippen LogP contribution in [-0.2, 0) is 0 Å². The highest BCUT2D eigenvalue weighted by molar-refractivity contribution is 5.70. The van der Waals surface area contributed by atoms with E-state index in [4.69, 9.17) is 5.41 Å². The molecule has 0 amide bonds. The third-order valence-electron chi connectivity index (χ3n) is 2.52. The molecule has 1 N–H and O–H groups in total. The molecule has 0 saturated carbocycles. The van der Waals surface area contributed by atoms with Crippen LogP contribution in [-0.4, -0.2) is 6.21 Å². The summed E-state index contributed by atoms with van der Waals surface area (Å²) in [7, 11) is 0. The fourth-order valence-electron chi connectivity index (χ4n) is 1.77. The molecule has 78 valence electrons. The van der Waals surface area contributed by atoms with Gasteiger partial charge in [0.25, 0.3) is 0 Å². The van der Waals surface area contributed by atoms with Gasteiger partial charge in [0.1, 0.15) is 0 Å². The number of benzene rings is 1. The number of nitrogens with one attached hydrogen (secondary N) is 1. The molecular formula is C14H17N. The molecule has 1 nitrogen and oxygen atoms in total. The minimum Gasteiger partial charge on any atom is -0.309 e. The molecule has 0 bridgehead atoms. The van der Waals surface area contributed by atoms with E-state index in [9.17, 15) is 0 Å². The minimum atomic E-state index is 0.352. The van der Waals surface area contributed by atoms with Crippen LogP contribution in [0.25, 0.3) is 0 Å². The van der Waals surface area contributed by atoms with Crippen LogP contribution >= 0.6 is 0 Å². The van der Waals surface area contributed by atoms with Crippen molar-refractivity contribution >= 4 is 6.21 Å². The Morgan fingerprint density at radius 1 is 1.40 bits per heavy atom. The van der Waals surface area contributed by atoms with Gasteiger partial charge in [-0.1, -0.05) is 49.9 Å². The summed E-state index contributed by atoms with van der Waals surface area (Å²) in [6.45, 7) is 5.95. The average Bonchev–Trinajstić information content (AvgIpc) is 2.30. The topological polar surface area (TPSA) is 23.9 Å². The predicted molar refractivity (Wildman–Crippen MR) is 66.5 cm³/mol. The van der Waals surface area contributed by atoms with E-state index in [-0.39, 0.29) is 0 Å². The molecule has 0 aliphatic heterocycles. The Balaban J connectivity index is 3.03. The lowest BCUT2D eigenvalue weighted by atomic mass is 9.89. The molecule has 15 heavy (non-hydrogen) atoms. The summed E-state index contributed by atoms with van der Waals surface area (Å²) < 4.78 is 0. The Hall–Kier alpha value is -1.63. The molecule has 0 spiro atoms. The second-order valence-corrected chi connectivity index (χ2v) is 3.41. The predicted octanol–water partition coefficient (Wildman–Crippen LogP) is 3.94. The van der Waals surface area contributed by atoms with Gasteiger partial charge in [-0.05, 0) is 23.6 Å². The highest BCUT2D eigenvalue weighted by Gasteiger charge is 2.11. The Bertz CT molecular complexity index is 349. The molecule has 0 aromatic heterocycles. The Morgan fingerprint density at radius 2 is 2.07 bits per heavy atom. The zero-order chi connectivity index (χ0) is 11.1. The van der Waals surface area contributed by atoms with E-state index in [1.54, 1.807) is 0 Å². The van der Waals surface area contributed by atoms with E-state index in [0.29, 0.717) is 5.92 Å². The van der Waals surface area contributed by atoms with Crippen molar-refractivity contribution in [2.24, 2.45) is 0 Å². The standard InChI is InChI=1S/C14H17N/c1-3-12(10-11-15)14(4-2)13-8-6-5-7-9-13/h3,5-11,14-15H,1,4H2,2H3/b12-10+,15-11?. The van der Waals surface area contributed by atoms with E-state index in [1.165, 1.54) is 11.8 Å². The summed E-state index contributed by atoms with van der Waals surface area (Å²) in [5, 5.41) is 7.12. The van der Waals surface area contributed by atoms with E-state index in [0.717, 1.165) is 12.0 Å². The lowest BCUT2D eigenvalue weighted by Gasteiger charge is -2.16. The van der Waals surface area contributed by atoms with Gasteiger partial charge in [-0.25, -0.2) is 0 Å². The first-order valence-electron chi connectivity index (χ1n) is 5.21. The number of allylic oxidation sites excluding steroid dienone is 3. The SMILES string of the molecule is C=C/C(=C\C=N)C(CC)c1ccccc1. The van der Waals surface area contributed by atoms with Crippen LogP contribution in [0.1, 0.15) is 24.8 Å². The summed E-state index contributed by atoms with van der Waals surface area (Å²) in [6.07, 6.45) is 6.00. The van der Waals surface area contributed by atoms with Gasteiger partial charge in [0, 0.05) is 12.1 Å². The molecule has 1 atom stereocenters. The van der Waals surface area contributed by atoms with Crippen LogP contribution in [0.4, 0.5) is 0 Å². The van der Waals surface area contributed by atoms with Crippen LogP contribution in [0, 0.1) is 5.41 Å². The molecule has 1 aromatic rings. The molecular weight excluding hydrogens is 182 g/mol. The molecule has 1 rings (SSSR count). The molecule has 0 saturated heterocycles. The maximum absolute atomic E-state index is 7.12. The third-order valence-corrected chi connectivity index (χ3v) is 2.52.